The number of thiophene rings is 1. The van der Waals surface area contributed by atoms with Gasteiger partial charge in [0.2, 0.25) is 0 Å². The van der Waals surface area contributed by atoms with Crippen molar-refractivity contribution in [3.63, 3.8) is 0 Å². The SMILES string of the molecule is Cc1onc(-c2c(F)cccc2Cl)c1C(=O)NCCc1cccs1. The van der Waals surface area contributed by atoms with Crippen LogP contribution >= 0.6 is 22.9 Å². The van der Waals surface area contributed by atoms with Gasteiger partial charge in [0.05, 0.1) is 10.6 Å². The van der Waals surface area contributed by atoms with Gasteiger partial charge in [-0.15, -0.1) is 11.3 Å². The highest BCUT2D eigenvalue weighted by Crippen LogP contribution is 2.33. The fraction of sp³-hybridized carbons (Fsp3) is 0.176. The third-order valence-electron chi connectivity index (χ3n) is 3.53. The van der Waals surface area contributed by atoms with Crippen LogP contribution in [0.2, 0.25) is 5.02 Å². The Bertz CT molecular complexity index is 841. The van der Waals surface area contributed by atoms with E-state index in [1.807, 2.05) is 17.5 Å². The molecule has 2 aromatic heterocycles. The van der Waals surface area contributed by atoms with Gasteiger partial charge in [0.1, 0.15) is 22.8 Å². The number of rotatable bonds is 5. The van der Waals surface area contributed by atoms with E-state index in [0.717, 1.165) is 6.42 Å². The number of carbonyl (C=O) groups excluding carboxylic acids is 1. The van der Waals surface area contributed by atoms with E-state index >= 15 is 0 Å². The Morgan fingerprint density at radius 3 is 2.92 bits per heavy atom. The minimum absolute atomic E-state index is 0.0689. The van der Waals surface area contributed by atoms with Crippen molar-refractivity contribution in [2.45, 2.75) is 13.3 Å². The van der Waals surface area contributed by atoms with Gasteiger partial charge in [-0.1, -0.05) is 28.9 Å². The van der Waals surface area contributed by atoms with E-state index in [9.17, 15) is 9.18 Å². The minimum atomic E-state index is -0.552. The van der Waals surface area contributed by atoms with Gasteiger partial charge >= 0.3 is 0 Å². The zero-order chi connectivity index (χ0) is 17.1. The monoisotopic (exact) mass is 364 g/mol. The summed E-state index contributed by atoms with van der Waals surface area (Å²) in [7, 11) is 0. The maximum Gasteiger partial charge on any atom is 0.257 e. The van der Waals surface area contributed by atoms with Crippen LogP contribution in [0.15, 0.2) is 40.2 Å². The summed E-state index contributed by atoms with van der Waals surface area (Å²) < 4.78 is 19.2. The molecule has 0 aliphatic heterocycles. The Morgan fingerprint density at radius 1 is 1.38 bits per heavy atom. The Kier molecular flexibility index (Phi) is 4.97. The molecule has 4 nitrogen and oxygen atoms in total. The second-order valence-electron chi connectivity index (χ2n) is 5.14. The highest BCUT2D eigenvalue weighted by atomic mass is 35.5. The zero-order valence-corrected chi connectivity index (χ0v) is 14.4. The van der Waals surface area contributed by atoms with E-state index in [2.05, 4.69) is 10.5 Å². The number of hydrogen-bond donors (Lipinski definition) is 1. The van der Waals surface area contributed by atoms with Crippen LogP contribution in [0.4, 0.5) is 4.39 Å². The Hall–Kier alpha value is -2.18. The molecule has 0 aliphatic carbocycles. The average Bonchev–Trinajstić information content (AvgIpc) is 3.17. The zero-order valence-electron chi connectivity index (χ0n) is 12.8. The van der Waals surface area contributed by atoms with Gasteiger partial charge in [0, 0.05) is 11.4 Å². The summed E-state index contributed by atoms with van der Waals surface area (Å²) in [6, 6.07) is 8.28. The highest BCUT2D eigenvalue weighted by molar-refractivity contribution is 7.09. The van der Waals surface area contributed by atoms with E-state index in [1.54, 1.807) is 24.3 Å². The molecule has 3 aromatic rings. The molecule has 0 saturated carbocycles. The van der Waals surface area contributed by atoms with E-state index in [1.165, 1.54) is 17.0 Å². The van der Waals surface area contributed by atoms with Crippen LogP contribution in [0.1, 0.15) is 21.0 Å². The van der Waals surface area contributed by atoms with Gasteiger partial charge < -0.3 is 9.84 Å². The summed E-state index contributed by atoms with van der Waals surface area (Å²) in [6.45, 7) is 2.08. The van der Waals surface area contributed by atoms with Crippen molar-refractivity contribution in [1.29, 1.82) is 0 Å². The van der Waals surface area contributed by atoms with E-state index in [-0.39, 0.29) is 27.8 Å². The quantitative estimate of drug-likeness (QED) is 0.726. The molecule has 0 saturated heterocycles. The lowest BCUT2D eigenvalue weighted by molar-refractivity contribution is 0.0953. The topological polar surface area (TPSA) is 55.1 Å². The van der Waals surface area contributed by atoms with Gasteiger partial charge in [-0.25, -0.2) is 4.39 Å². The van der Waals surface area contributed by atoms with Crippen LogP contribution in [-0.4, -0.2) is 17.6 Å². The predicted molar refractivity (Wildman–Crippen MR) is 92.0 cm³/mol. The molecule has 7 heteroatoms. The molecular formula is C17H14ClFN2O2S. The maximum atomic E-state index is 14.1. The van der Waals surface area contributed by atoms with E-state index in [4.69, 9.17) is 16.1 Å². The van der Waals surface area contributed by atoms with Crippen LogP contribution in [0.25, 0.3) is 11.3 Å². The molecule has 124 valence electrons. The van der Waals surface area contributed by atoms with Crippen molar-refractivity contribution >= 4 is 28.8 Å². The number of aryl methyl sites for hydroxylation is 1. The number of amides is 1. The fourth-order valence-corrected chi connectivity index (χ4v) is 3.34. The van der Waals surface area contributed by atoms with Crippen molar-refractivity contribution < 1.29 is 13.7 Å². The van der Waals surface area contributed by atoms with Gasteiger partial charge in [-0.2, -0.15) is 0 Å². The molecule has 3 rings (SSSR count). The molecule has 0 atom stereocenters. The van der Waals surface area contributed by atoms with Crippen LogP contribution in [0, 0.1) is 12.7 Å². The standard InChI is InChI=1S/C17H14ClFN2O2S/c1-10-14(17(22)20-8-7-11-4-3-9-24-11)16(21-23-10)15-12(18)5-2-6-13(15)19/h2-6,9H,7-8H2,1H3,(H,20,22). The number of benzene rings is 1. The molecule has 1 N–H and O–H groups in total. The third kappa shape index (κ3) is 3.34. The Morgan fingerprint density at radius 2 is 2.21 bits per heavy atom. The number of nitrogens with one attached hydrogen (secondary N) is 1. The summed E-state index contributed by atoms with van der Waals surface area (Å²) in [4.78, 5) is 13.7. The van der Waals surface area contributed by atoms with E-state index < -0.39 is 5.82 Å². The average molecular weight is 365 g/mol. The Labute approximate surface area is 147 Å². The summed E-state index contributed by atoms with van der Waals surface area (Å²) in [5.74, 6) is -0.596. The largest absolute Gasteiger partial charge is 0.360 e. The summed E-state index contributed by atoms with van der Waals surface area (Å²) >= 11 is 7.70. The molecule has 0 fully saturated rings. The van der Waals surface area contributed by atoms with Crippen molar-refractivity contribution in [2.75, 3.05) is 6.54 Å². The number of nitrogens with zero attached hydrogens (tertiary/aromatic N) is 1. The molecule has 0 unspecified atom stereocenters. The second-order valence-corrected chi connectivity index (χ2v) is 6.58. The first-order valence-electron chi connectivity index (χ1n) is 7.29. The van der Waals surface area contributed by atoms with Crippen LogP contribution < -0.4 is 5.32 Å². The summed E-state index contributed by atoms with van der Waals surface area (Å²) in [5.41, 5.74) is 0.386. The molecule has 2 heterocycles. The number of halogens is 2. The van der Waals surface area contributed by atoms with Gasteiger partial charge in [0.25, 0.3) is 5.91 Å². The number of aromatic nitrogens is 1. The fourth-order valence-electron chi connectivity index (χ4n) is 2.38. The lowest BCUT2D eigenvalue weighted by atomic mass is 10.0. The molecule has 0 aliphatic rings. The first kappa shape index (κ1) is 16.7. The third-order valence-corrected chi connectivity index (χ3v) is 4.78. The molecule has 0 spiro atoms. The van der Waals surface area contributed by atoms with Crippen molar-refractivity contribution in [2.24, 2.45) is 0 Å². The van der Waals surface area contributed by atoms with Crippen molar-refractivity contribution in [3.05, 3.63) is 62.8 Å². The van der Waals surface area contributed by atoms with Crippen molar-refractivity contribution in [1.82, 2.24) is 10.5 Å². The number of hydrogen-bond acceptors (Lipinski definition) is 4. The Balaban J connectivity index is 1.83. The lowest BCUT2D eigenvalue weighted by Crippen LogP contribution is -2.26. The predicted octanol–water partition coefficient (Wildman–Crippen LogP) is 4.48. The molecule has 1 amide bonds. The van der Waals surface area contributed by atoms with Gasteiger partial charge in [0.15, 0.2) is 0 Å². The summed E-state index contributed by atoms with van der Waals surface area (Å²) in [5, 5.41) is 8.81. The first-order chi connectivity index (χ1) is 11.6. The highest BCUT2D eigenvalue weighted by Gasteiger charge is 2.25. The molecule has 24 heavy (non-hydrogen) atoms. The number of carbonyl (C=O) groups is 1. The molecule has 0 bridgehead atoms. The molecule has 1 aromatic carbocycles. The van der Waals surface area contributed by atoms with Crippen LogP contribution in [0.5, 0.6) is 0 Å². The van der Waals surface area contributed by atoms with Gasteiger partial charge in [-0.05, 0) is 36.9 Å². The van der Waals surface area contributed by atoms with Crippen LogP contribution in [0.3, 0.4) is 0 Å². The smallest absolute Gasteiger partial charge is 0.257 e. The maximum absolute atomic E-state index is 14.1. The van der Waals surface area contributed by atoms with E-state index in [0.29, 0.717) is 12.3 Å². The normalized spacial score (nSPS) is 10.8. The second kappa shape index (κ2) is 7.15. The summed E-state index contributed by atoms with van der Waals surface area (Å²) in [6.07, 6.45) is 0.726. The van der Waals surface area contributed by atoms with Crippen molar-refractivity contribution in [3.8, 4) is 11.3 Å². The van der Waals surface area contributed by atoms with Crippen LogP contribution in [-0.2, 0) is 6.42 Å². The lowest BCUT2D eigenvalue weighted by Gasteiger charge is -2.07. The first-order valence-corrected chi connectivity index (χ1v) is 8.55. The minimum Gasteiger partial charge on any atom is -0.360 e. The van der Waals surface area contributed by atoms with Gasteiger partial charge in [-0.3, -0.25) is 4.79 Å². The molecular weight excluding hydrogens is 351 g/mol. The molecule has 0 radical (unpaired) electrons.